The Morgan fingerprint density at radius 2 is 1.85 bits per heavy atom. The number of nitrogens with two attached hydrogens (primary N) is 1. The first kappa shape index (κ1) is 15.0. The molecule has 0 bridgehead atoms. The van der Waals surface area contributed by atoms with Crippen molar-refractivity contribution in [1.82, 2.24) is 0 Å². The molecular weight excluding hydrogens is 273 g/mol. The molecule has 0 fully saturated rings. The van der Waals surface area contributed by atoms with Gasteiger partial charge in [0, 0.05) is 6.04 Å². The number of aryl methyl sites for hydroxylation is 2. The molecule has 3 heteroatoms. The Morgan fingerprint density at radius 1 is 1.10 bits per heavy atom. The summed E-state index contributed by atoms with van der Waals surface area (Å²) in [5.74, 6) is -0.390. The van der Waals surface area contributed by atoms with Crippen LogP contribution < -0.4 is 5.73 Å². The van der Waals surface area contributed by atoms with Crippen LogP contribution >= 0.6 is 11.6 Å². The molecule has 1 atom stereocenters. The minimum Gasteiger partial charge on any atom is -0.327 e. The lowest BCUT2D eigenvalue weighted by atomic mass is 9.96. The molecule has 0 aliphatic heterocycles. The zero-order valence-corrected chi connectivity index (χ0v) is 12.5. The number of hydrogen-bond acceptors (Lipinski definition) is 1. The smallest absolute Gasteiger partial charge is 0.141 e. The minimum atomic E-state index is -0.390. The molecule has 1 nitrogen and oxygen atoms in total. The molecule has 0 radical (unpaired) electrons. The normalized spacial score (nSPS) is 12.4. The first-order valence-corrected chi connectivity index (χ1v) is 7.09. The van der Waals surface area contributed by atoms with Gasteiger partial charge in [0.2, 0.25) is 0 Å². The third-order valence-electron chi connectivity index (χ3n) is 3.47. The van der Waals surface area contributed by atoms with Gasteiger partial charge in [-0.2, -0.15) is 0 Å². The third-order valence-corrected chi connectivity index (χ3v) is 3.76. The van der Waals surface area contributed by atoms with Gasteiger partial charge in [-0.05, 0) is 55.5 Å². The molecule has 1 unspecified atom stereocenters. The highest BCUT2D eigenvalue weighted by Gasteiger charge is 2.09. The Bertz CT molecular complexity index is 610. The van der Waals surface area contributed by atoms with Gasteiger partial charge in [-0.25, -0.2) is 4.39 Å². The van der Waals surface area contributed by atoms with Gasteiger partial charge in [-0.15, -0.1) is 0 Å². The van der Waals surface area contributed by atoms with Gasteiger partial charge in [0.1, 0.15) is 5.82 Å². The summed E-state index contributed by atoms with van der Waals surface area (Å²) in [7, 11) is 0. The average molecular weight is 292 g/mol. The summed E-state index contributed by atoms with van der Waals surface area (Å²) >= 11 is 5.79. The second-order valence-electron chi connectivity index (χ2n) is 5.35. The van der Waals surface area contributed by atoms with Crippen LogP contribution in [0.4, 0.5) is 4.39 Å². The van der Waals surface area contributed by atoms with E-state index in [0.29, 0.717) is 6.42 Å². The summed E-state index contributed by atoms with van der Waals surface area (Å²) in [6, 6.07) is 11.2. The highest BCUT2D eigenvalue weighted by molar-refractivity contribution is 6.30. The molecule has 0 aliphatic rings. The van der Waals surface area contributed by atoms with Crippen molar-refractivity contribution in [1.29, 1.82) is 0 Å². The Balaban J connectivity index is 2.06. The monoisotopic (exact) mass is 291 g/mol. The van der Waals surface area contributed by atoms with E-state index >= 15 is 0 Å². The standard InChI is InChI=1S/C17H19ClFN/c1-11-3-4-12(2)14(7-11)10-15(20)8-13-5-6-17(19)16(18)9-13/h3-7,9,15H,8,10,20H2,1-2H3. The van der Waals surface area contributed by atoms with Gasteiger partial charge < -0.3 is 5.73 Å². The van der Waals surface area contributed by atoms with E-state index in [1.807, 2.05) is 0 Å². The summed E-state index contributed by atoms with van der Waals surface area (Å²) in [6.07, 6.45) is 1.50. The number of rotatable bonds is 4. The topological polar surface area (TPSA) is 26.0 Å². The lowest BCUT2D eigenvalue weighted by Gasteiger charge is -2.14. The van der Waals surface area contributed by atoms with Gasteiger partial charge in [-0.3, -0.25) is 0 Å². The van der Waals surface area contributed by atoms with E-state index in [0.717, 1.165) is 12.0 Å². The fourth-order valence-corrected chi connectivity index (χ4v) is 2.55. The number of benzene rings is 2. The van der Waals surface area contributed by atoms with E-state index in [4.69, 9.17) is 17.3 Å². The van der Waals surface area contributed by atoms with Crippen molar-refractivity contribution < 1.29 is 4.39 Å². The maximum absolute atomic E-state index is 13.1. The van der Waals surface area contributed by atoms with E-state index < -0.39 is 5.82 Å². The second-order valence-corrected chi connectivity index (χ2v) is 5.75. The molecule has 2 aromatic rings. The lowest BCUT2D eigenvalue weighted by molar-refractivity contribution is 0.624. The van der Waals surface area contributed by atoms with Crippen LogP contribution in [-0.4, -0.2) is 6.04 Å². The Labute approximate surface area is 124 Å². The number of hydrogen-bond donors (Lipinski definition) is 1. The molecule has 0 aromatic heterocycles. The summed E-state index contributed by atoms with van der Waals surface area (Å²) in [5, 5.41) is 0.154. The van der Waals surface area contributed by atoms with Crippen LogP contribution in [0.15, 0.2) is 36.4 Å². The molecule has 0 saturated heterocycles. The van der Waals surface area contributed by atoms with E-state index in [2.05, 4.69) is 32.0 Å². The first-order chi connectivity index (χ1) is 9.45. The van der Waals surface area contributed by atoms with Crippen molar-refractivity contribution in [3.8, 4) is 0 Å². The molecular formula is C17H19ClFN. The van der Waals surface area contributed by atoms with E-state index in [9.17, 15) is 4.39 Å². The van der Waals surface area contributed by atoms with Gasteiger partial charge in [-0.1, -0.05) is 41.4 Å². The van der Waals surface area contributed by atoms with Crippen LogP contribution in [-0.2, 0) is 12.8 Å². The summed E-state index contributed by atoms with van der Waals surface area (Å²) < 4.78 is 13.1. The Morgan fingerprint density at radius 3 is 2.55 bits per heavy atom. The van der Waals surface area contributed by atoms with Gasteiger partial charge in [0.05, 0.1) is 5.02 Å². The molecule has 106 valence electrons. The van der Waals surface area contributed by atoms with E-state index in [1.54, 1.807) is 12.1 Å². The quantitative estimate of drug-likeness (QED) is 0.897. The van der Waals surface area contributed by atoms with Gasteiger partial charge in [0.25, 0.3) is 0 Å². The molecule has 0 saturated carbocycles. The van der Waals surface area contributed by atoms with Crippen molar-refractivity contribution in [3.05, 3.63) is 69.5 Å². The largest absolute Gasteiger partial charge is 0.327 e. The van der Waals surface area contributed by atoms with E-state index in [-0.39, 0.29) is 11.1 Å². The summed E-state index contributed by atoms with van der Waals surface area (Å²) in [4.78, 5) is 0. The zero-order valence-electron chi connectivity index (χ0n) is 11.8. The van der Waals surface area contributed by atoms with Crippen molar-refractivity contribution in [3.63, 3.8) is 0 Å². The predicted octanol–water partition coefficient (Wildman–Crippen LogP) is 4.21. The maximum Gasteiger partial charge on any atom is 0.141 e. The van der Waals surface area contributed by atoms with Crippen LogP contribution in [0.1, 0.15) is 22.3 Å². The van der Waals surface area contributed by atoms with Crippen LogP contribution in [0.25, 0.3) is 0 Å². The molecule has 2 N–H and O–H groups in total. The molecule has 0 spiro atoms. The molecule has 20 heavy (non-hydrogen) atoms. The minimum absolute atomic E-state index is 0.00275. The SMILES string of the molecule is Cc1ccc(C)c(CC(N)Cc2ccc(F)c(Cl)c2)c1. The first-order valence-electron chi connectivity index (χ1n) is 6.71. The highest BCUT2D eigenvalue weighted by Crippen LogP contribution is 2.18. The summed E-state index contributed by atoms with van der Waals surface area (Å²) in [5.41, 5.74) is 10.9. The van der Waals surface area contributed by atoms with Crippen molar-refractivity contribution >= 4 is 11.6 Å². The van der Waals surface area contributed by atoms with Gasteiger partial charge in [0.15, 0.2) is 0 Å². The number of halogens is 2. The second kappa shape index (κ2) is 6.38. The third kappa shape index (κ3) is 3.81. The van der Waals surface area contributed by atoms with Crippen LogP contribution in [0.2, 0.25) is 5.02 Å². The molecule has 0 amide bonds. The fourth-order valence-electron chi connectivity index (χ4n) is 2.34. The van der Waals surface area contributed by atoms with Crippen LogP contribution in [0.5, 0.6) is 0 Å². The highest BCUT2D eigenvalue weighted by atomic mass is 35.5. The molecule has 2 aromatic carbocycles. The van der Waals surface area contributed by atoms with Crippen LogP contribution in [0.3, 0.4) is 0 Å². The lowest BCUT2D eigenvalue weighted by Crippen LogP contribution is -2.26. The summed E-state index contributed by atoms with van der Waals surface area (Å²) in [6.45, 7) is 4.17. The van der Waals surface area contributed by atoms with Crippen LogP contribution in [0, 0.1) is 19.7 Å². The van der Waals surface area contributed by atoms with E-state index in [1.165, 1.54) is 22.8 Å². The van der Waals surface area contributed by atoms with Crippen molar-refractivity contribution in [2.24, 2.45) is 5.73 Å². The Hall–Kier alpha value is -1.38. The fraction of sp³-hybridized carbons (Fsp3) is 0.294. The maximum atomic E-state index is 13.1. The zero-order chi connectivity index (χ0) is 14.7. The average Bonchev–Trinajstić information content (AvgIpc) is 2.38. The molecule has 2 rings (SSSR count). The molecule has 0 heterocycles. The Kier molecular flexibility index (Phi) is 4.79. The van der Waals surface area contributed by atoms with Gasteiger partial charge >= 0.3 is 0 Å². The predicted molar refractivity (Wildman–Crippen MR) is 82.7 cm³/mol. The van der Waals surface area contributed by atoms with Crippen molar-refractivity contribution in [2.45, 2.75) is 32.7 Å². The molecule has 0 aliphatic carbocycles. The van der Waals surface area contributed by atoms with Crippen molar-refractivity contribution in [2.75, 3.05) is 0 Å².